The van der Waals surface area contributed by atoms with E-state index in [1.54, 1.807) is 12.4 Å². The van der Waals surface area contributed by atoms with Crippen LogP contribution in [0.3, 0.4) is 0 Å². The van der Waals surface area contributed by atoms with E-state index in [0.29, 0.717) is 5.82 Å². The van der Waals surface area contributed by atoms with Crippen molar-refractivity contribution in [1.82, 2.24) is 20.3 Å². The maximum atomic E-state index is 13.0. The van der Waals surface area contributed by atoms with E-state index in [1.165, 1.54) is 0 Å². The highest BCUT2D eigenvalue weighted by atomic mass is 16.2. The zero-order valence-corrected chi connectivity index (χ0v) is 15.5. The van der Waals surface area contributed by atoms with Crippen LogP contribution in [0, 0.1) is 6.92 Å². The van der Waals surface area contributed by atoms with Crippen LogP contribution in [0.15, 0.2) is 61.1 Å². The summed E-state index contributed by atoms with van der Waals surface area (Å²) < 4.78 is 0. The van der Waals surface area contributed by atoms with Gasteiger partial charge in [-0.05, 0) is 44.4 Å². The monoisotopic (exact) mass is 358 g/mol. The number of pyridine rings is 1. The van der Waals surface area contributed by atoms with Crippen LogP contribution in [0.1, 0.15) is 42.6 Å². The van der Waals surface area contributed by atoms with Gasteiger partial charge in [0, 0.05) is 35.4 Å². The van der Waals surface area contributed by atoms with Gasteiger partial charge in [-0.2, -0.15) is 0 Å². The Morgan fingerprint density at radius 1 is 1.11 bits per heavy atom. The molecule has 5 nitrogen and oxygen atoms in total. The highest BCUT2D eigenvalue weighted by Gasteiger charge is 2.51. The fourth-order valence-corrected chi connectivity index (χ4v) is 3.48. The first kappa shape index (κ1) is 17.3. The number of amides is 1. The molecule has 5 heteroatoms. The number of carbonyl (C=O) groups is 1. The van der Waals surface area contributed by atoms with Crippen molar-refractivity contribution < 1.29 is 4.79 Å². The molecule has 4 rings (SSSR count). The van der Waals surface area contributed by atoms with Gasteiger partial charge in [-0.15, -0.1) is 0 Å². The topological polar surface area (TPSA) is 67.8 Å². The number of rotatable bonds is 5. The minimum absolute atomic E-state index is 0.0822. The van der Waals surface area contributed by atoms with Crippen molar-refractivity contribution >= 4 is 5.91 Å². The Hall–Kier alpha value is -3.08. The van der Waals surface area contributed by atoms with Crippen molar-refractivity contribution in [2.45, 2.75) is 38.1 Å². The lowest BCUT2D eigenvalue weighted by Crippen LogP contribution is -2.36. The van der Waals surface area contributed by atoms with Gasteiger partial charge in [-0.25, -0.2) is 9.97 Å². The van der Waals surface area contributed by atoms with Crippen molar-refractivity contribution in [3.8, 4) is 11.4 Å². The third-order valence-corrected chi connectivity index (χ3v) is 5.28. The zero-order chi connectivity index (χ0) is 18.9. The largest absolute Gasteiger partial charge is 0.349 e. The summed E-state index contributed by atoms with van der Waals surface area (Å²) in [5.74, 6) is 0.749. The lowest BCUT2D eigenvalue weighted by Gasteiger charge is -2.21. The summed E-state index contributed by atoms with van der Waals surface area (Å²) in [6, 6.07) is 13.6. The molecule has 0 bridgehead atoms. The van der Waals surface area contributed by atoms with E-state index in [0.717, 1.165) is 35.2 Å². The molecule has 27 heavy (non-hydrogen) atoms. The third kappa shape index (κ3) is 3.33. The molecule has 1 aromatic carbocycles. The second-order valence-corrected chi connectivity index (χ2v) is 7.11. The van der Waals surface area contributed by atoms with Gasteiger partial charge in [0.1, 0.15) is 0 Å². The van der Waals surface area contributed by atoms with E-state index in [1.807, 2.05) is 62.5 Å². The Morgan fingerprint density at radius 2 is 1.81 bits per heavy atom. The van der Waals surface area contributed by atoms with Crippen molar-refractivity contribution in [1.29, 1.82) is 0 Å². The van der Waals surface area contributed by atoms with Crippen LogP contribution >= 0.6 is 0 Å². The van der Waals surface area contributed by atoms with E-state index in [4.69, 9.17) is 0 Å². The second-order valence-electron chi connectivity index (χ2n) is 7.11. The van der Waals surface area contributed by atoms with Crippen LogP contribution in [-0.4, -0.2) is 20.9 Å². The second kappa shape index (κ2) is 6.91. The fraction of sp³-hybridized carbons (Fsp3) is 0.273. The quantitative estimate of drug-likeness (QED) is 0.754. The molecule has 1 aliphatic carbocycles. The third-order valence-electron chi connectivity index (χ3n) is 5.28. The predicted molar refractivity (Wildman–Crippen MR) is 104 cm³/mol. The van der Waals surface area contributed by atoms with Gasteiger partial charge >= 0.3 is 0 Å². The van der Waals surface area contributed by atoms with Crippen LogP contribution in [0.4, 0.5) is 0 Å². The standard InChI is InChI=1S/C22H22N4O/c1-15-19(14-24-20(25-15)17-8-12-23-13-9-17)16(2)26-21(27)22(10-11-22)18-6-4-3-5-7-18/h3-9,12-14,16H,10-11H2,1-2H3,(H,26,27)/t16-/m0/s1. The van der Waals surface area contributed by atoms with Crippen molar-refractivity contribution in [2.75, 3.05) is 0 Å². The number of hydrogen-bond acceptors (Lipinski definition) is 4. The van der Waals surface area contributed by atoms with Crippen LogP contribution in [0.2, 0.25) is 0 Å². The molecule has 0 aliphatic heterocycles. The average Bonchev–Trinajstić information content (AvgIpc) is 3.51. The van der Waals surface area contributed by atoms with Crippen molar-refractivity contribution in [2.24, 2.45) is 0 Å². The normalized spacial score (nSPS) is 15.8. The van der Waals surface area contributed by atoms with Crippen LogP contribution in [0.25, 0.3) is 11.4 Å². The molecule has 3 aromatic rings. The maximum Gasteiger partial charge on any atom is 0.231 e. The van der Waals surface area contributed by atoms with Crippen molar-refractivity contribution in [3.63, 3.8) is 0 Å². The first-order chi connectivity index (χ1) is 13.1. The zero-order valence-electron chi connectivity index (χ0n) is 15.5. The number of nitrogens with one attached hydrogen (secondary N) is 1. The van der Waals surface area contributed by atoms with Gasteiger partial charge in [0.25, 0.3) is 0 Å². The van der Waals surface area contributed by atoms with E-state index >= 15 is 0 Å². The summed E-state index contributed by atoms with van der Waals surface area (Å²) in [7, 11) is 0. The van der Waals surface area contributed by atoms with Gasteiger partial charge in [0.15, 0.2) is 5.82 Å². The highest BCUT2D eigenvalue weighted by Crippen LogP contribution is 2.48. The summed E-state index contributed by atoms with van der Waals surface area (Å²) in [5, 5.41) is 3.17. The Kier molecular flexibility index (Phi) is 4.44. The molecule has 0 spiro atoms. The molecule has 1 fully saturated rings. The molecule has 0 saturated heterocycles. The fourth-order valence-electron chi connectivity index (χ4n) is 3.48. The predicted octanol–water partition coefficient (Wildman–Crippen LogP) is 3.76. The van der Waals surface area contributed by atoms with E-state index in [9.17, 15) is 4.79 Å². The molecule has 0 unspecified atom stereocenters. The Morgan fingerprint density at radius 3 is 2.44 bits per heavy atom. The number of aryl methyl sites for hydroxylation is 1. The molecule has 1 aliphatic rings. The molecular weight excluding hydrogens is 336 g/mol. The highest BCUT2D eigenvalue weighted by molar-refractivity contribution is 5.91. The van der Waals surface area contributed by atoms with Gasteiger partial charge < -0.3 is 5.32 Å². The number of benzene rings is 1. The number of aromatic nitrogens is 3. The minimum Gasteiger partial charge on any atom is -0.349 e. The molecule has 2 aromatic heterocycles. The smallest absolute Gasteiger partial charge is 0.231 e. The Bertz CT molecular complexity index is 953. The molecule has 1 N–H and O–H groups in total. The maximum absolute atomic E-state index is 13.0. The van der Waals surface area contributed by atoms with E-state index in [2.05, 4.69) is 20.3 Å². The van der Waals surface area contributed by atoms with Crippen molar-refractivity contribution in [3.05, 3.63) is 77.9 Å². The Labute approximate surface area is 158 Å². The van der Waals surface area contributed by atoms with Gasteiger partial charge in [0.05, 0.1) is 11.5 Å². The number of hydrogen-bond donors (Lipinski definition) is 1. The summed E-state index contributed by atoms with van der Waals surface area (Å²) in [4.78, 5) is 26.1. The summed E-state index contributed by atoms with van der Waals surface area (Å²) in [5.41, 5.74) is 3.45. The lowest BCUT2D eigenvalue weighted by molar-refractivity contribution is -0.124. The summed E-state index contributed by atoms with van der Waals surface area (Å²) in [6.07, 6.45) is 7.05. The number of carbonyl (C=O) groups excluding carboxylic acids is 1. The van der Waals surface area contributed by atoms with E-state index < -0.39 is 0 Å². The molecule has 2 heterocycles. The molecule has 136 valence electrons. The SMILES string of the molecule is Cc1nc(-c2ccncc2)ncc1[C@H](C)NC(=O)C1(c2ccccc2)CC1. The van der Waals surface area contributed by atoms with Crippen LogP contribution in [0.5, 0.6) is 0 Å². The van der Waals surface area contributed by atoms with Gasteiger partial charge in [-0.1, -0.05) is 30.3 Å². The minimum atomic E-state index is -0.374. The molecular formula is C22H22N4O. The average molecular weight is 358 g/mol. The summed E-state index contributed by atoms with van der Waals surface area (Å²) in [6.45, 7) is 3.94. The Balaban J connectivity index is 1.52. The van der Waals surface area contributed by atoms with Crippen LogP contribution in [-0.2, 0) is 10.2 Å². The van der Waals surface area contributed by atoms with Gasteiger partial charge in [-0.3, -0.25) is 9.78 Å². The molecule has 0 radical (unpaired) electrons. The first-order valence-electron chi connectivity index (χ1n) is 9.20. The molecule has 1 atom stereocenters. The summed E-state index contributed by atoms with van der Waals surface area (Å²) >= 11 is 0. The molecule has 1 amide bonds. The molecule has 1 saturated carbocycles. The first-order valence-corrected chi connectivity index (χ1v) is 9.20. The number of nitrogens with zero attached hydrogens (tertiary/aromatic N) is 3. The van der Waals surface area contributed by atoms with Gasteiger partial charge in [0.2, 0.25) is 5.91 Å². The van der Waals surface area contributed by atoms with E-state index in [-0.39, 0.29) is 17.4 Å². The van der Waals surface area contributed by atoms with Crippen LogP contribution < -0.4 is 5.32 Å². The lowest BCUT2D eigenvalue weighted by atomic mass is 9.94.